The first-order chi connectivity index (χ1) is 17.4. The summed E-state index contributed by atoms with van der Waals surface area (Å²) < 4.78 is 34.3. The van der Waals surface area contributed by atoms with Gasteiger partial charge in [-0.05, 0) is 61.1 Å². The van der Waals surface area contributed by atoms with E-state index in [1.54, 1.807) is 12.1 Å². The fraction of sp³-hybridized carbons (Fsp3) is 0.440. The van der Waals surface area contributed by atoms with E-state index < -0.39 is 10.0 Å². The molecule has 0 saturated heterocycles. The molecule has 3 aromatic rings. The molecular formula is C25H30N6O4S. The standard InChI is InChI=1S/C25H30N6O4S/c1-3-13-36(33,34)30-12-10-17-15-21(35-2)19(14-18(17)16-30)25(32)27-22-8-6-7-20(26-22)24-29-28-23-9-4-5-11-31(23)24/h6-8,14-15H,3-5,9-13,16H2,1-2H3,(H,26,27,32). The summed E-state index contributed by atoms with van der Waals surface area (Å²) in [5.74, 6) is 2.22. The van der Waals surface area contributed by atoms with E-state index in [-0.39, 0.29) is 18.2 Å². The number of carbonyl (C=O) groups is 1. The molecule has 36 heavy (non-hydrogen) atoms. The van der Waals surface area contributed by atoms with Crippen LogP contribution in [0.15, 0.2) is 30.3 Å². The predicted molar refractivity (Wildman–Crippen MR) is 135 cm³/mol. The van der Waals surface area contributed by atoms with E-state index in [4.69, 9.17) is 4.74 Å². The van der Waals surface area contributed by atoms with Gasteiger partial charge in [0.25, 0.3) is 5.91 Å². The van der Waals surface area contributed by atoms with Crippen molar-refractivity contribution in [3.63, 3.8) is 0 Å². The fourth-order valence-electron chi connectivity index (χ4n) is 4.84. The van der Waals surface area contributed by atoms with Crippen LogP contribution in [0.5, 0.6) is 5.75 Å². The van der Waals surface area contributed by atoms with Gasteiger partial charge in [-0.2, -0.15) is 4.31 Å². The van der Waals surface area contributed by atoms with Crippen LogP contribution < -0.4 is 10.1 Å². The van der Waals surface area contributed by atoms with Gasteiger partial charge in [-0.15, -0.1) is 10.2 Å². The Morgan fingerprint density at radius 2 is 1.97 bits per heavy atom. The van der Waals surface area contributed by atoms with Gasteiger partial charge in [-0.3, -0.25) is 4.79 Å². The first-order valence-corrected chi connectivity index (χ1v) is 13.9. The van der Waals surface area contributed by atoms with E-state index in [0.29, 0.717) is 48.0 Å². The molecule has 1 aromatic carbocycles. The number of hydrogen-bond acceptors (Lipinski definition) is 7. The summed E-state index contributed by atoms with van der Waals surface area (Å²) in [6, 6.07) is 8.96. The van der Waals surface area contributed by atoms with Crippen molar-refractivity contribution < 1.29 is 17.9 Å². The predicted octanol–water partition coefficient (Wildman–Crippen LogP) is 3.04. The quantitative estimate of drug-likeness (QED) is 0.519. The number of nitrogens with one attached hydrogen (secondary N) is 1. The van der Waals surface area contributed by atoms with Crippen LogP contribution in [0.25, 0.3) is 11.5 Å². The summed E-state index contributed by atoms with van der Waals surface area (Å²) in [6.45, 7) is 3.37. The molecular weight excluding hydrogens is 480 g/mol. The Morgan fingerprint density at radius 3 is 2.78 bits per heavy atom. The maximum atomic E-state index is 13.3. The Bertz CT molecular complexity index is 1400. The van der Waals surface area contributed by atoms with Crippen molar-refractivity contribution in [1.29, 1.82) is 0 Å². The Morgan fingerprint density at radius 1 is 1.11 bits per heavy atom. The summed E-state index contributed by atoms with van der Waals surface area (Å²) in [7, 11) is -1.81. The minimum absolute atomic E-state index is 0.114. The molecule has 0 atom stereocenters. The third kappa shape index (κ3) is 4.72. The molecule has 2 aliphatic rings. The van der Waals surface area contributed by atoms with E-state index >= 15 is 0 Å². The lowest BCUT2D eigenvalue weighted by molar-refractivity contribution is 0.102. The van der Waals surface area contributed by atoms with Gasteiger partial charge in [0.05, 0.1) is 18.4 Å². The zero-order valence-electron chi connectivity index (χ0n) is 20.5. The van der Waals surface area contributed by atoms with Gasteiger partial charge >= 0.3 is 0 Å². The maximum absolute atomic E-state index is 13.3. The molecule has 10 nitrogen and oxygen atoms in total. The van der Waals surface area contributed by atoms with Crippen LogP contribution in [0, 0.1) is 0 Å². The summed E-state index contributed by atoms with van der Waals surface area (Å²) in [4.78, 5) is 17.9. The normalized spacial score (nSPS) is 15.7. The number of ether oxygens (including phenoxy) is 1. The highest BCUT2D eigenvalue weighted by molar-refractivity contribution is 7.89. The molecule has 11 heteroatoms. The Balaban J connectivity index is 1.40. The van der Waals surface area contributed by atoms with E-state index in [9.17, 15) is 13.2 Å². The number of sulfonamides is 1. The number of aryl methyl sites for hydroxylation is 1. The SMILES string of the molecule is CCCS(=O)(=O)N1CCc2cc(OC)c(C(=O)Nc3cccc(-c4nnc5n4CCCC5)n3)cc2C1. The van der Waals surface area contributed by atoms with E-state index in [0.717, 1.165) is 42.8 Å². The second kappa shape index (κ2) is 9.98. The number of nitrogens with zero attached hydrogens (tertiary/aromatic N) is 5. The third-order valence-electron chi connectivity index (χ3n) is 6.68. The van der Waals surface area contributed by atoms with Crippen molar-refractivity contribution in [2.45, 2.75) is 52.1 Å². The first kappa shape index (κ1) is 24.4. The maximum Gasteiger partial charge on any atom is 0.260 e. The lowest BCUT2D eigenvalue weighted by atomic mass is 9.97. The van der Waals surface area contributed by atoms with Gasteiger partial charge in [-0.25, -0.2) is 13.4 Å². The van der Waals surface area contributed by atoms with Crippen molar-refractivity contribution in [2.24, 2.45) is 0 Å². The highest BCUT2D eigenvalue weighted by atomic mass is 32.2. The minimum Gasteiger partial charge on any atom is -0.496 e. The Hall–Kier alpha value is -3.31. The molecule has 0 radical (unpaired) electrons. The van der Waals surface area contributed by atoms with E-state index in [2.05, 4.69) is 25.1 Å². The molecule has 2 aliphatic heterocycles. The highest BCUT2D eigenvalue weighted by Crippen LogP contribution is 2.30. The number of carbonyl (C=O) groups excluding carboxylic acids is 1. The van der Waals surface area contributed by atoms with Gasteiger partial charge in [0.1, 0.15) is 23.1 Å². The van der Waals surface area contributed by atoms with Gasteiger partial charge in [0.15, 0.2) is 5.82 Å². The van der Waals surface area contributed by atoms with Crippen LogP contribution in [-0.2, 0) is 36.0 Å². The van der Waals surface area contributed by atoms with Crippen LogP contribution in [0.3, 0.4) is 0 Å². The van der Waals surface area contributed by atoms with E-state index in [1.165, 1.54) is 11.4 Å². The zero-order valence-corrected chi connectivity index (χ0v) is 21.3. The van der Waals surface area contributed by atoms with Crippen LogP contribution in [0.4, 0.5) is 5.82 Å². The number of rotatable bonds is 7. The molecule has 0 spiro atoms. The van der Waals surface area contributed by atoms with E-state index in [1.807, 2.05) is 25.1 Å². The van der Waals surface area contributed by atoms with Gasteiger partial charge in [0, 0.05) is 26.1 Å². The number of methoxy groups -OCH3 is 1. The van der Waals surface area contributed by atoms with Gasteiger partial charge < -0.3 is 14.6 Å². The number of amides is 1. The number of anilines is 1. The number of benzene rings is 1. The molecule has 0 fully saturated rings. The lowest BCUT2D eigenvalue weighted by Gasteiger charge is -2.29. The third-order valence-corrected chi connectivity index (χ3v) is 8.70. The molecule has 190 valence electrons. The summed E-state index contributed by atoms with van der Waals surface area (Å²) in [6.07, 6.45) is 4.21. The zero-order chi connectivity index (χ0) is 25.3. The Kier molecular flexibility index (Phi) is 6.76. The topological polar surface area (TPSA) is 119 Å². The second-order valence-corrected chi connectivity index (χ2v) is 11.2. The van der Waals surface area contributed by atoms with Crippen LogP contribution in [-0.4, -0.2) is 57.8 Å². The monoisotopic (exact) mass is 510 g/mol. The summed E-state index contributed by atoms with van der Waals surface area (Å²) >= 11 is 0. The summed E-state index contributed by atoms with van der Waals surface area (Å²) in [5, 5.41) is 11.5. The molecule has 0 bridgehead atoms. The van der Waals surface area contributed by atoms with Gasteiger partial charge in [-0.1, -0.05) is 13.0 Å². The average molecular weight is 511 g/mol. The molecule has 1 amide bonds. The van der Waals surface area contributed by atoms with Crippen molar-refractivity contribution in [2.75, 3.05) is 24.7 Å². The molecule has 0 aliphatic carbocycles. The molecule has 2 aromatic heterocycles. The molecule has 0 saturated carbocycles. The van der Waals surface area contributed by atoms with Crippen LogP contribution in [0.1, 0.15) is 53.5 Å². The lowest BCUT2D eigenvalue weighted by Crippen LogP contribution is -2.37. The van der Waals surface area contributed by atoms with Crippen LogP contribution >= 0.6 is 0 Å². The average Bonchev–Trinajstić information content (AvgIpc) is 3.32. The van der Waals surface area contributed by atoms with Crippen molar-refractivity contribution in [3.8, 4) is 17.3 Å². The van der Waals surface area contributed by atoms with Crippen molar-refractivity contribution >= 4 is 21.7 Å². The number of fused-ring (bicyclic) bond motifs is 2. The fourth-order valence-corrected chi connectivity index (χ4v) is 6.32. The van der Waals surface area contributed by atoms with Crippen LogP contribution in [0.2, 0.25) is 0 Å². The molecule has 5 rings (SSSR count). The van der Waals surface area contributed by atoms with Crippen molar-refractivity contribution in [1.82, 2.24) is 24.1 Å². The smallest absolute Gasteiger partial charge is 0.260 e. The molecule has 4 heterocycles. The Labute approximate surface area is 210 Å². The molecule has 1 N–H and O–H groups in total. The van der Waals surface area contributed by atoms with Gasteiger partial charge in [0.2, 0.25) is 10.0 Å². The van der Waals surface area contributed by atoms with Crippen molar-refractivity contribution in [3.05, 3.63) is 52.8 Å². The second-order valence-electron chi connectivity index (χ2n) is 9.13. The number of hydrogen-bond donors (Lipinski definition) is 1. The summed E-state index contributed by atoms with van der Waals surface area (Å²) in [5.41, 5.74) is 2.77. The highest BCUT2D eigenvalue weighted by Gasteiger charge is 2.28. The molecule has 0 unspecified atom stereocenters. The largest absolute Gasteiger partial charge is 0.496 e. The number of pyridine rings is 1. The minimum atomic E-state index is -3.33. The number of aromatic nitrogens is 4. The first-order valence-electron chi connectivity index (χ1n) is 12.3.